The first-order valence-corrected chi connectivity index (χ1v) is 40.6. The number of nitrogens with zero attached hydrogens (tertiary/aromatic N) is 1. The molecule has 0 aliphatic carbocycles. The van der Waals surface area contributed by atoms with E-state index in [-0.39, 0.29) is 38.6 Å². The van der Waals surface area contributed by atoms with Crippen molar-refractivity contribution in [2.45, 2.75) is 347 Å². The third kappa shape index (κ3) is 80.1. The summed E-state index contributed by atoms with van der Waals surface area (Å²) in [5.41, 5.74) is 0. The van der Waals surface area contributed by atoms with Gasteiger partial charge in [-0.2, -0.15) is 0 Å². The Morgan fingerprint density at radius 1 is 0.303 bits per heavy atom. The number of esters is 2. The summed E-state index contributed by atoms with van der Waals surface area (Å²) in [5.74, 6) is -2.28. The number of hydrogen-bond acceptors (Lipinski definition) is 8. The summed E-state index contributed by atoms with van der Waals surface area (Å²) in [5, 5.41) is 11.9. The number of carboxylic acid groups (broad SMARTS) is 1. The molecule has 9 heteroatoms. The third-order valence-corrected chi connectivity index (χ3v) is 17.3. The Kier molecular flexibility index (Phi) is 74.6. The van der Waals surface area contributed by atoms with Crippen LogP contribution in [-0.2, 0) is 33.3 Å². The van der Waals surface area contributed by atoms with Gasteiger partial charge in [-0.25, -0.2) is 0 Å². The summed E-state index contributed by atoms with van der Waals surface area (Å²) in [6.45, 7) is 4.54. The molecule has 0 amide bonds. The van der Waals surface area contributed by atoms with E-state index in [9.17, 15) is 19.5 Å². The molecule has 0 aromatic rings. The first-order valence-electron chi connectivity index (χ1n) is 40.6. The van der Waals surface area contributed by atoms with Gasteiger partial charge < -0.3 is 33.3 Å². The summed E-state index contributed by atoms with van der Waals surface area (Å²) < 4.78 is 22.9. The van der Waals surface area contributed by atoms with Crippen molar-refractivity contribution in [3.05, 3.63) is 158 Å². The molecule has 0 saturated carbocycles. The molecular formula is C90H151NO8. The molecule has 0 aromatic heterocycles. The van der Waals surface area contributed by atoms with Crippen molar-refractivity contribution in [2.75, 3.05) is 47.5 Å². The molecule has 564 valence electrons. The molecule has 2 atom stereocenters. The highest BCUT2D eigenvalue weighted by Crippen LogP contribution is 2.18. The van der Waals surface area contributed by atoms with Crippen LogP contribution in [0.1, 0.15) is 335 Å². The summed E-state index contributed by atoms with van der Waals surface area (Å²) in [7, 11) is 5.94. The molecule has 0 heterocycles. The van der Waals surface area contributed by atoms with Crippen LogP contribution in [0.15, 0.2) is 158 Å². The van der Waals surface area contributed by atoms with Gasteiger partial charge in [0.05, 0.1) is 40.3 Å². The molecule has 99 heavy (non-hydrogen) atoms. The largest absolute Gasteiger partial charge is 0.545 e. The van der Waals surface area contributed by atoms with Gasteiger partial charge in [0.25, 0.3) is 0 Å². The molecule has 0 aliphatic heterocycles. The van der Waals surface area contributed by atoms with E-state index < -0.39 is 24.3 Å². The van der Waals surface area contributed by atoms with E-state index in [1.165, 1.54) is 173 Å². The van der Waals surface area contributed by atoms with Crippen LogP contribution in [0.2, 0.25) is 0 Å². The van der Waals surface area contributed by atoms with Gasteiger partial charge in [0.2, 0.25) is 0 Å². The van der Waals surface area contributed by atoms with Crippen molar-refractivity contribution in [3.63, 3.8) is 0 Å². The predicted octanol–water partition coefficient (Wildman–Crippen LogP) is 25.0. The number of allylic oxidation sites excluding steroid dienone is 26. The van der Waals surface area contributed by atoms with Crippen LogP contribution in [0.4, 0.5) is 0 Å². The average molecular weight is 1380 g/mol. The first kappa shape index (κ1) is 93.9. The highest BCUT2D eigenvalue weighted by Gasteiger charge is 2.22. The topological polar surface area (TPSA) is 111 Å². The summed E-state index contributed by atoms with van der Waals surface area (Å²) in [6.07, 6.45) is 114. The van der Waals surface area contributed by atoms with Gasteiger partial charge in [-0.1, -0.05) is 358 Å². The van der Waals surface area contributed by atoms with Gasteiger partial charge in [0.15, 0.2) is 12.4 Å². The smallest absolute Gasteiger partial charge is 0.306 e. The van der Waals surface area contributed by atoms with Crippen LogP contribution in [0.5, 0.6) is 0 Å². The number of likely N-dealkylation sites (N-methyl/N-ethyl adjacent to an activating group) is 1. The van der Waals surface area contributed by atoms with Crippen molar-refractivity contribution in [1.82, 2.24) is 0 Å². The van der Waals surface area contributed by atoms with Crippen molar-refractivity contribution < 1.29 is 42.9 Å². The quantitative estimate of drug-likeness (QED) is 0.0195. The summed E-state index contributed by atoms with van der Waals surface area (Å²) in [4.78, 5) is 37.6. The molecule has 0 saturated heterocycles. The molecule has 2 unspecified atom stereocenters. The number of hydrogen-bond donors (Lipinski definition) is 0. The molecule has 0 N–H and O–H groups in total. The van der Waals surface area contributed by atoms with Gasteiger partial charge in [0.1, 0.15) is 13.2 Å². The zero-order valence-electron chi connectivity index (χ0n) is 64.6. The van der Waals surface area contributed by atoms with Crippen molar-refractivity contribution in [1.29, 1.82) is 0 Å². The van der Waals surface area contributed by atoms with Crippen LogP contribution in [0.3, 0.4) is 0 Å². The van der Waals surface area contributed by atoms with E-state index in [4.69, 9.17) is 18.9 Å². The van der Waals surface area contributed by atoms with E-state index in [0.717, 1.165) is 128 Å². The van der Waals surface area contributed by atoms with Crippen LogP contribution >= 0.6 is 0 Å². The summed E-state index contributed by atoms with van der Waals surface area (Å²) >= 11 is 0. The van der Waals surface area contributed by atoms with E-state index in [2.05, 4.69) is 172 Å². The number of quaternary nitrogens is 1. The van der Waals surface area contributed by atoms with Crippen molar-refractivity contribution >= 4 is 17.9 Å². The number of aliphatic carboxylic acids is 1. The average Bonchev–Trinajstić information content (AvgIpc) is 1.14. The second kappa shape index (κ2) is 78.6. The van der Waals surface area contributed by atoms with Gasteiger partial charge in [-0.15, -0.1) is 0 Å². The Morgan fingerprint density at radius 3 is 0.808 bits per heavy atom. The van der Waals surface area contributed by atoms with Crippen molar-refractivity contribution in [2.24, 2.45) is 0 Å². The number of rotatable bonds is 74. The Balaban J connectivity index is 4.06. The number of carbonyl (C=O) groups is 3. The highest BCUT2D eigenvalue weighted by atomic mass is 16.7. The Bertz CT molecular complexity index is 2200. The molecule has 0 fully saturated rings. The van der Waals surface area contributed by atoms with Crippen LogP contribution in [-0.4, -0.2) is 82.3 Å². The normalized spacial score (nSPS) is 13.5. The standard InChI is InChI=1S/C90H151NO8/c1-6-8-10-12-14-16-18-20-22-24-26-28-30-32-34-36-38-40-42-43-44-45-47-49-51-53-55-57-59-61-63-65-67-69-71-73-75-77-79-81-88(93)99-86(85-98-90(89(94)95)96-83-82-91(3,4)5)84-97-87(92)80-78-76-74-72-70-68-66-64-62-60-58-56-54-52-50-48-46-41-39-37-35-33-31-29-27-25-23-21-19-17-15-13-11-9-7-2/h8-11,14-17,20-23,26-29,32,34,38,40,43-44,47,49,53,55,86,90H,6-7,12-13,18-19,24-25,30-31,33,35-37,39,41-42,45-46,48,50-52,54,56-85H2,1-5H3/b10-8-,11-9-,16-14-,17-15-,22-20-,23-21-,28-26-,29-27-,34-32-,40-38-,44-43-,49-47-,55-53-. The van der Waals surface area contributed by atoms with E-state index >= 15 is 0 Å². The molecule has 0 rings (SSSR count). The number of carboxylic acids is 1. The molecular weight excluding hydrogens is 1220 g/mol. The van der Waals surface area contributed by atoms with Crippen molar-refractivity contribution in [3.8, 4) is 0 Å². The lowest BCUT2D eigenvalue weighted by Crippen LogP contribution is -2.44. The maximum Gasteiger partial charge on any atom is 0.306 e. The Morgan fingerprint density at radius 2 is 0.545 bits per heavy atom. The fourth-order valence-electron chi connectivity index (χ4n) is 11.2. The SMILES string of the molecule is CC/C=C\C/C=C\C/C=C\C/C=C\C/C=C\C/C=C\C/C=C\C/C=C\C/C=C\CCCCCCCCCCCCCC(=O)OC(COC(=O)CCCCCCCCCCCCCCCCCCCCCCCC/C=C\C/C=C\C/C=C\C/C=C\CC)COC(OCC[N+](C)(C)C)C(=O)[O-]. The number of ether oxygens (including phenoxy) is 4. The van der Waals surface area contributed by atoms with E-state index in [0.29, 0.717) is 17.4 Å². The van der Waals surface area contributed by atoms with Crippen LogP contribution in [0, 0.1) is 0 Å². The van der Waals surface area contributed by atoms with Gasteiger partial charge in [-0.3, -0.25) is 9.59 Å². The van der Waals surface area contributed by atoms with Gasteiger partial charge >= 0.3 is 11.9 Å². The molecule has 0 spiro atoms. The first-order chi connectivity index (χ1) is 48.6. The summed E-state index contributed by atoms with van der Waals surface area (Å²) in [6, 6.07) is 0. The lowest BCUT2D eigenvalue weighted by Gasteiger charge is -2.26. The fraction of sp³-hybridized carbons (Fsp3) is 0.678. The lowest BCUT2D eigenvalue weighted by atomic mass is 10.0. The minimum Gasteiger partial charge on any atom is -0.545 e. The molecule has 9 nitrogen and oxygen atoms in total. The Hall–Kier alpha value is -5.09. The molecule has 0 bridgehead atoms. The van der Waals surface area contributed by atoms with Crippen LogP contribution < -0.4 is 5.11 Å². The zero-order valence-corrected chi connectivity index (χ0v) is 64.6. The maximum absolute atomic E-state index is 13.0. The minimum absolute atomic E-state index is 0.142. The number of carbonyl (C=O) groups excluding carboxylic acids is 3. The van der Waals surface area contributed by atoms with Crippen LogP contribution in [0.25, 0.3) is 0 Å². The molecule has 0 radical (unpaired) electrons. The van der Waals surface area contributed by atoms with Gasteiger partial charge in [0, 0.05) is 12.8 Å². The molecule has 0 aliphatic rings. The van der Waals surface area contributed by atoms with E-state index in [1.54, 1.807) is 0 Å². The Labute approximate surface area is 610 Å². The number of unbranched alkanes of at least 4 members (excludes halogenated alkanes) is 33. The minimum atomic E-state index is -1.63. The molecule has 0 aromatic carbocycles. The van der Waals surface area contributed by atoms with Gasteiger partial charge in [-0.05, 0) is 122 Å². The highest BCUT2D eigenvalue weighted by molar-refractivity contribution is 5.70. The predicted molar refractivity (Wildman–Crippen MR) is 425 cm³/mol. The fourth-order valence-corrected chi connectivity index (χ4v) is 11.2. The second-order valence-electron chi connectivity index (χ2n) is 27.9. The maximum atomic E-state index is 13.0. The van der Waals surface area contributed by atoms with E-state index in [1.807, 2.05) is 21.1 Å². The third-order valence-electron chi connectivity index (χ3n) is 17.3. The lowest BCUT2D eigenvalue weighted by molar-refractivity contribution is -0.870. The monoisotopic (exact) mass is 1370 g/mol. The second-order valence-corrected chi connectivity index (χ2v) is 27.9. The zero-order chi connectivity index (χ0) is 71.8.